The maximum atomic E-state index is 6.13. The third kappa shape index (κ3) is 10.8. The Morgan fingerprint density at radius 2 is 1.66 bits per heavy atom. The van der Waals surface area contributed by atoms with Crippen molar-refractivity contribution in [2.45, 2.75) is 60.3 Å². The summed E-state index contributed by atoms with van der Waals surface area (Å²) in [6.45, 7) is 12.2. The first-order chi connectivity index (χ1) is 13.9. The molecule has 164 valence electrons. The van der Waals surface area contributed by atoms with Crippen molar-refractivity contribution in [3.63, 3.8) is 0 Å². The van der Waals surface area contributed by atoms with Gasteiger partial charge in [-0.2, -0.15) is 0 Å². The van der Waals surface area contributed by atoms with E-state index in [4.69, 9.17) is 37.5 Å². The number of nitrogens with one attached hydrogen (secondary N) is 1. The van der Waals surface area contributed by atoms with Gasteiger partial charge in [0.2, 0.25) is 0 Å². The van der Waals surface area contributed by atoms with Gasteiger partial charge >= 0.3 is 0 Å². The fourth-order valence-electron chi connectivity index (χ4n) is 2.87. The quantitative estimate of drug-likeness (QED) is 0.255. The first-order valence-corrected chi connectivity index (χ1v) is 11.1. The molecule has 0 heterocycles. The van der Waals surface area contributed by atoms with Crippen molar-refractivity contribution in [2.75, 3.05) is 19.8 Å². The predicted octanol–water partition coefficient (Wildman–Crippen LogP) is 6.75. The van der Waals surface area contributed by atoms with Crippen molar-refractivity contribution in [2.24, 2.45) is 5.92 Å². The zero-order valence-electron chi connectivity index (χ0n) is 18.3. The Labute approximate surface area is 186 Å². The topological polar surface area (TPSA) is 39.7 Å². The molecule has 0 saturated heterocycles. The average Bonchev–Trinajstić information content (AvgIpc) is 2.66. The van der Waals surface area contributed by atoms with Crippen LogP contribution in [0.2, 0.25) is 0 Å². The van der Waals surface area contributed by atoms with Gasteiger partial charge in [-0.15, -0.1) is 0 Å². The SMILES string of the molecule is CCc1cc(OCC=C(Cl)Cl)cc(CC)c1OCCCCONC(C)=CC(C)C. The summed E-state index contributed by atoms with van der Waals surface area (Å²) in [5.74, 6) is 2.29. The van der Waals surface area contributed by atoms with Gasteiger partial charge in [-0.05, 0) is 67.9 Å². The summed E-state index contributed by atoms with van der Waals surface area (Å²) >= 11 is 11.3. The van der Waals surface area contributed by atoms with Crippen LogP contribution in [0.25, 0.3) is 0 Å². The van der Waals surface area contributed by atoms with Crippen molar-refractivity contribution in [1.29, 1.82) is 0 Å². The van der Waals surface area contributed by atoms with E-state index in [1.165, 1.54) is 0 Å². The minimum Gasteiger partial charge on any atom is -0.493 e. The summed E-state index contributed by atoms with van der Waals surface area (Å²) < 4.78 is 12.1. The zero-order chi connectivity index (χ0) is 21.6. The largest absolute Gasteiger partial charge is 0.493 e. The summed E-state index contributed by atoms with van der Waals surface area (Å²) in [6, 6.07) is 4.06. The molecule has 0 atom stereocenters. The van der Waals surface area contributed by atoms with E-state index in [9.17, 15) is 0 Å². The van der Waals surface area contributed by atoms with Crippen LogP contribution in [0.5, 0.6) is 11.5 Å². The molecule has 1 N–H and O–H groups in total. The lowest BCUT2D eigenvalue weighted by Crippen LogP contribution is -2.14. The molecule has 0 saturated carbocycles. The van der Waals surface area contributed by atoms with Crippen LogP contribution in [-0.2, 0) is 17.7 Å². The van der Waals surface area contributed by atoms with Crippen LogP contribution in [-0.4, -0.2) is 19.8 Å². The van der Waals surface area contributed by atoms with Crippen LogP contribution >= 0.6 is 23.2 Å². The standard InChI is InChI=1S/C23H35Cl2NO3/c1-6-19-15-21(27-13-10-22(24)25)16-20(7-2)23(19)28-11-8-9-12-29-26-18(5)14-17(3)4/h10,14-17,26H,6-9,11-13H2,1-5H3. The molecule has 0 fully saturated rings. The summed E-state index contributed by atoms with van der Waals surface area (Å²) in [4.78, 5) is 5.49. The second-order valence-corrected chi connectivity index (χ2v) is 8.19. The van der Waals surface area contributed by atoms with Crippen LogP contribution in [0.4, 0.5) is 0 Å². The fraction of sp³-hybridized carbons (Fsp3) is 0.565. The predicted molar refractivity (Wildman–Crippen MR) is 123 cm³/mol. The molecule has 0 amide bonds. The lowest BCUT2D eigenvalue weighted by Gasteiger charge is -2.17. The number of allylic oxidation sites excluding steroid dienone is 2. The van der Waals surface area contributed by atoms with E-state index in [1.54, 1.807) is 6.08 Å². The number of aryl methyl sites for hydroxylation is 2. The third-order valence-electron chi connectivity index (χ3n) is 4.17. The van der Waals surface area contributed by atoms with Gasteiger partial charge in [-0.25, -0.2) is 0 Å². The van der Waals surface area contributed by atoms with Gasteiger partial charge in [0.25, 0.3) is 0 Å². The maximum absolute atomic E-state index is 6.13. The van der Waals surface area contributed by atoms with Crippen molar-refractivity contribution in [3.8, 4) is 11.5 Å². The summed E-state index contributed by atoms with van der Waals surface area (Å²) in [5, 5.41) is 0. The number of hydroxylamine groups is 1. The Kier molecular flexibility index (Phi) is 12.9. The van der Waals surface area contributed by atoms with Crippen LogP contribution in [0, 0.1) is 5.92 Å². The Balaban J connectivity index is 2.51. The molecule has 0 aliphatic carbocycles. The number of hydrogen-bond acceptors (Lipinski definition) is 4. The molecule has 0 spiro atoms. The molecule has 0 radical (unpaired) electrons. The zero-order valence-corrected chi connectivity index (χ0v) is 19.8. The molecule has 1 rings (SSSR count). The van der Waals surface area contributed by atoms with Crippen molar-refractivity contribution in [1.82, 2.24) is 5.48 Å². The minimum atomic E-state index is 0.210. The highest BCUT2D eigenvalue weighted by Crippen LogP contribution is 2.31. The molecule has 1 aromatic carbocycles. The molecule has 0 aromatic heterocycles. The van der Waals surface area contributed by atoms with E-state index >= 15 is 0 Å². The normalized spacial score (nSPS) is 11.5. The van der Waals surface area contributed by atoms with Crippen LogP contribution in [0.15, 0.2) is 34.5 Å². The first kappa shape index (κ1) is 25.7. The number of hydrogen-bond donors (Lipinski definition) is 1. The number of halogens is 2. The van der Waals surface area contributed by atoms with E-state index in [1.807, 2.05) is 19.1 Å². The maximum Gasteiger partial charge on any atom is 0.125 e. The van der Waals surface area contributed by atoms with E-state index < -0.39 is 0 Å². The molecular weight excluding hydrogens is 409 g/mol. The molecule has 6 heteroatoms. The van der Waals surface area contributed by atoms with Gasteiger partial charge < -0.3 is 9.47 Å². The number of unbranched alkanes of at least 4 members (excludes halogenated alkanes) is 1. The van der Waals surface area contributed by atoms with Crippen molar-refractivity contribution in [3.05, 3.63) is 45.6 Å². The summed E-state index contributed by atoms with van der Waals surface area (Å²) in [7, 11) is 0. The van der Waals surface area contributed by atoms with E-state index in [0.29, 0.717) is 25.7 Å². The van der Waals surface area contributed by atoms with Crippen LogP contribution in [0.3, 0.4) is 0 Å². The van der Waals surface area contributed by atoms with Gasteiger partial charge in [-0.1, -0.05) is 57.0 Å². The lowest BCUT2D eigenvalue weighted by molar-refractivity contribution is 0.0577. The summed E-state index contributed by atoms with van der Waals surface area (Å²) in [5.41, 5.74) is 6.31. The third-order valence-corrected chi connectivity index (χ3v) is 4.48. The van der Waals surface area contributed by atoms with E-state index in [2.05, 4.69) is 39.3 Å². The first-order valence-electron chi connectivity index (χ1n) is 10.4. The highest BCUT2D eigenvalue weighted by atomic mass is 35.5. The Morgan fingerprint density at radius 1 is 1.03 bits per heavy atom. The highest BCUT2D eigenvalue weighted by Gasteiger charge is 2.11. The van der Waals surface area contributed by atoms with Gasteiger partial charge in [0.05, 0.1) is 13.2 Å². The monoisotopic (exact) mass is 443 g/mol. The van der Waals surface area contributed by atoms with Crippen LogP contribution in [0.1, 0.15) is 58.6 Å². The molecule has 4 nitrogen and oxygen atoms in total. The Hall–Kier alpha value is -1.36. The molecule has 0 bridgehead atoms. The Morgan fingerprint density at radius 3 is 2.21 bits per heavy atom. The highest BCUT2D eigenvalue weighted by molar-refractivity contribution is 6.55. The van der Waals surface area contributed by atoms with Gasteiger partial charge in [-0.3, -0.25) is 10.3 Å². The molecule has 29 heavy (non-hydrogen) atoms. The minimum absolute atomic E-state index is 0.210. The second kappa shape index (κ2) is 14.6. The molecule has 0 unspecified atom stereocenters. The van der Waals surface area contributed by atoms with E-state index in [0.717, 1.165) is 54.0 Å². The van der Waals surface area contributed by atoms with Crippen molar-refractivity contribution < 1.29 is 14.3 Å². The second-order valence-electron chi connectivity index (χ2n) is 7.18. The van der Waals surface area contributed by atoms with Gasteiger partial charge in [0.1, 0.15) is 22.6 Å². The molecule has 0 aliphatic heterocycles. The number of rotatable bonds is 14. The Bertz CT molecular complexity index is 643. The van der Waals surface area contributed by atoms with Crippen molar-refractivity contribution >= 4 is 23.2 Å². The number of benzene rings is 1. The molecular formula is C23H35Cl2NO3. The summed E-state index contributed by atoms with van der Waals surface area (Å²) in [6.07, 6.45) is 7.37. The lowest BCUT2D eigenvalue weighted by atomic mass is 10.0. The van der Waals surface area contributed by atoms with E-state index in [-0.39, 0.29) is 4.49 Å². The smallest absolute Gasteiger partial charge is 0.125 e. The number of ether oxygens (including phenoxy) is 2. The fourth-order valence-corrected chi connectivity index (χ4v) is 2.99. The molecule has 0 aliphatic rings. The van der Waals surface area contributed by atoms with Crippen LogP contribution < -0.4 is 15.0 Å². The van der Waals surface area contributed by atoms with Gasteiger partial charge in [0, 0.05) is 5.70 Å². The van der Waals surface area contributed by atoms with Gasteiger partial charge in [0.15, 0.2) is 0 Å². The molecule has 1 aromatic rings. The average molecular weight is 444 g/mol.